The molecule has 0 radical (unpaired) electrons. The van der Waals surface area contributed by atoms with Gasteiger partial charge in [0.2, 0.25) is 0 Å². The maximum Gasteiger partial charge on any atom is 0.0813 e. The van der Waals surface area contributed by atoms with Gasteiger partial charge in [-0.2, -0.15) is 0 Å². The minimum atomic E-state index is 0.0256. The van der Waals surface area contributed by atoms with Crippen molar-refractivity contribution in [2.75, 3.05) is 6.54 Å². The normalized spacial score (nSPS) is 26.9. The molecule has 2 nitrogen and oxygen atoms in total. The van der Waals surface area contributed by atoms with Crippen LogP contribution in [0.4, 0.5) is 0 Å². The molecule has 20 heavy (non-hydrogen) atoms. The van der Waals surface area contributed by atoms with E-state index in [0.717, 1.165) is 19.1 Å². The second kappa shape index (κ2) is 7.24. The summed E-state index contributed by atoms with van der Waals surface area (Å²) in [6.45, 7) is 8.47. The van der Waals surface area contributed by atoms with Crippen molar-refractivity contribution in [1.29, 1.82) is 0 Å². The van der Waals surface area contributed by atoms with E-state index in [4.69, 9.17) is 4.74 Å². The van der Waals surface area contributed by atoms with Crippen LogP contribution in [-0.2, 0) is 11.3 Å². The Labute approximate surface area is 123 Å². The van der Waals surface area contributed by atoms with E-state index in [2.05, 4.69) is 56.4 Å². The van der Waals surface area contributed by atoms with Crippen molar-refractivity contribution < 1.29 is 4.74 Å². The summed E-state index contributed by atoms with van der Waals surface area (Å²) < 4.78 is 6.41. The molecule has 1 aromatic carbocycles. The van der Waals surface area contributed by atoms with Gasteiger partial charge in [-0.3, -0.25) is 0 Å². The molecule has 2 atom stereocenters. The van der Waals surface area contributed by atoms with Gasteiger partial charge in [-0.05, 0) is 24.3 Å². The van der Waals surface area contributed by atoms with E-state index >= 15 is 0 Å². The Hall–Kier alpha value is -0.860. The van der Waals surface area contributed by atoms with Gasteiger partial charge in [0, 0.05) is 12.6 Å². The first-order valence-corrected chi connectivity index (χ1v) is 8.01. The fourth-order valence-corrected chi connectivity index (χ4v) is 3.16. The van der Waals surface area contributed by atoms with Crippen LogP contribution in [0.25, 0.3) is 0 Å². The quantitative estimate of drug-likeness (QED) is 0.842. The molecule has 0 amide bonds. The van der Waals surface area contributed by atoms with E-state index in [0.29, 0.717) is 6.04 Å². The molecule has 112 valence electrons. The first-order chi connectivity index (χ1) is 9.60. The Morgan fingerprint density at radius 2 is 2.05 bits per heavy atom. The van der Waals surface area contributed by atoms with Crippen molar-refractivity contribution in [2.45, 2.75) is 64.7 Å². The molecule has 0 heterocycles. The topological polar surface area (TPSA) is 21.3 Å². The lowest BCUT2D eigenvalue weighted by molar-refractivity contribution is -0.0898. The van der Waals surface area contributed by atoms with E-state index in [1.165, 1.54) is 31.2 Å². The lowest BCUT2D eigenvalue weighted by Gasteiger charge is -2.40. The van der Waals surface area contributed by atoms with Crippen molar-refractivity contribution >= 4 is 0 Å². The maximum absolute atomic E-state index is 6.41. The van der Waals surface area contributed by atoms with Gasteiger partial charge in [-0.1, -0.05) is 63.9 Å². The van der Waals surface area contributed by atoms with Gasteiger partial charge in [0.25, 0.3) is 0 Å². The van der Waals surface area contributed by atoms with E-state index < -0.39 is 0 Å². The average molecular weight is 275 g/mol. The molecule has 1 aliphatic carbocycles. The molecule has 0 spiro atoms. The minimum absolute atomic E-state index is 0.0256. The Morgan fingerprint density at radius 3 is 2.70 bits per heavy atom. The lowest BCUT2D eigenvalue weighted by atomic mass is 9.78. The average Bonchev–Trinajstić information content (AvgIpc) is 2.44. The summed E-state index contributed by atoms with van der Waals surface area (Å²) in [6.07, 6.45) is 5.00. The number of nitrogens with one attached hydrogen (secondary N) is 1. The molecule has 2 heteroatoms. The molecule has 0 saturated heterocycles. The number of benzene rings is 1. The van der Waals surface area contributed by atoms with Crippen LogP contribution in [0.1, 0.15) is 52.0 Å². The SMILES string of the molecule is CC1CCCC(CNC(C)C)(OCc2ccccc2)C1. The number of hydrogen-bond donors (Lipinski definition) is 1. The highest BCUT2D eigenvalue weighted by molar-refractivity contribution is 5.13. The molecular weight excluding hydrogens is 246 g/mol. The summed E-state index contributed by atoms with van der Waals surface area (Å²) in [5, 5.41) is 3.59. The summed E-state index contributed by atoms with van der Waals surface area (Å²) in [5.74, 6) is 0.772. The van der Waals surface area contributed by atoms with Crippen LogP contribution in [0.3, 0.4) is 0 Å². The molecule has 1 fully saturated rings. The van der Waals surface area contributed by atoms with E-state index in [1.54, 1.807) is 0 Å². The van der Waals surface area contributed by atoms with Crippen LogP contribution in [0.5, 0.6) is 0 Å². The number of hydrogen-bond acceptors (Lipinski definition) is 2. The fourth-order valence-electron chi connectivity index (χ4n) is 3.16. The third kappa shape index (κ3) is 4.60. The Balaban J connectivity index is 1.98. The zero-order chi connectivity index (χ0) is 14.4. The van der Waals surface area contributed by atoms with Crippen LogP contribution in [0.15, 0.2) is 30.3 Å². The molecule has 0 bridgehead atoms. The molecule has 0 aromatic heterocycles. The molecule has 2 rings (SSSR count). The molecule has 0 aliphatic heterocycles. The van der Waals surface area contributed by atoms with Crippen molar-refractivity contribution in [1.82, 2.24) is 5.32 Å². The Bertz CT molecular complexity index is 390. The number of ether oxygens (including phenoxy) is 1. The van der Waals surface area contributed by atoms with E-state index in [-0.39, 0.29) is 5.60 Å². The summed E-state index contributed by atoms with van der Waals surface area (Å²) in [4.78, 5) is 0. The minimum Gasteiger partial charge on any atom is -0.369 e. The molecule has 1 N–H and O–H groups in total. The summed E-state index contributed by atoms with van der Waals surface area (Å²) in [6, 6.07) is 11.0. The molecular formula is C18H29NO. The van der Waals surface area contributed by atoms with Crippen LogP contribution in [0.2, 0.25) is 0 Å². The summed E-state index contributed by atoms with van der Waals surface area (Å²) in [7, 11) is 0. The highest BCUT2D eigenvalue weighted by Crippen LogP contribution is 2.35. The van der Waals surface area contributed by atoms with Crippen molar-refractivity contribution in [3.8, 4) is 0 Å². The molecule has 1 aliphatic rings. The smallest absolute Gasteiger partial charge is 0.0813 e. The van der Waals surface area contributed by atoms with E-state index in [1.807, 2.05) is 0 Å². The lowest BCUT2D eigenvalue weighted by Crippen LogP contribution is -2.47. The second-order valence-electron chi connectivity index (χ2n) is 6.69. The zero-order valence-corrected chi connectivity index (χ0v) is 13.2. The van der Waals surface area contributed by atoms with Crippen LogP contribution in [-0.4, -0.2) is 18.2 Å². The number of rotatable bonds is 6. The highest BCUT2D eigenvalue weighted by Gasteiger charge is 2.35. The van der Waals surface area contributed by atoms with Gasteiger partial charge < -0.3 is 10.1 Å². The monoisotopic (exact) mass is 275 g/mol. The third-order valence-electron chi connectivity index (χ3n) is 4.27. The third-order valence-corrected chi connectivity index (χ3v) is 4.27. The van der Waals surface area contributed by atoms with Crippen LogP contribution < -0.4 is 5.32 Å². The largest absolute Gasteiger partial charge is 0.369 e. The maximum atomic E-state index is 6.41. The van der Waals surface area contributed by atoms with Gasteiger partial charge in [0.05, 0.1) is 12.2 Å². The first-order valence-electron chi connectivity index (χ1n) is 8.01. The van der Waals surface area contributed by atoms with Gasteiger partial charge in [-0.15, -0.1) is 0 Å². The zero-order valence-electron chi connectivity index (χ0n) is 13.2. The highest BCUT2D eigenvalue weighted by atomic mass is 16.5. The predicted molar refractivity (Wildman–Crippen MR) is 84.7 cm³/mol. The molecule has 1 saturated carbocycles. The van der Waals surface area contributed by atoms with Gasteiger partial charge >= 0.3 is 0 Å². The standard InChI is InChI=1S/C18H29NO/c1-15(2)19-14-18(11-7-8-16(3)12-18)20-13-17-9-5-4-6-10-17/h4-6,9-10,15-16,19H,7-8,11-14H2,1-3H3. The van der Waals surface area contributed by atoms with Crippen LogP contribution in [0, 0.1) is 5.92 Å². The van der Waals surface area contributed by atoms with Crippen LogP contribution >= 0.6 is 0 Å². The second-order valence-corrected chi connectivity index (χ2v) is 6.69. The van der Waals surface area contributed by atoms with Crippen molar-refractivity contribution in [2.24, 2.45) is 5.92 Å². The first kappa shape index (κ1) is 15.5. The molecule has 1 aromatic rings. The molecule has 2 unspecified atom stereocenters. The summed E-state index contributed by atoms with van der Waals surface area (Å²) >= 11 is 0. The Kier molecular flexibility index (Phi) is 5.62. The Morgan fingerprint density at radius 1 is 1.30 bits per heavy atom. The summed E-state index contributed by atoms with van der Waals surface area (Å²) in [5.41, 5.74) is 1.30. The van der Waals surface area contributed by atoms with Gasteiger partial charge in [0.15, 0.2) is 0 Å². The van der Waals surface area contributed by atoms with Crippen molar-refractivity contribution in [3.63, 3.8) is 0 Å². The fraction of sp³-hybridized carbons (Fsp3) is 0.667. The van der Waals surface area contributed by atoms with Crippen molar-refractivity contribution in [3.05, 3.63) is 35.9 Å². The van der Waals surface area contributed by atoms with Gasteiger partial charge in [-0.25, -0.2) is 0 Å². The predicted octanol–water partition coefficient (Wildman–Crippen LogP) is 4.15. The van der Waals surface area contributed by atoms with E-state index in [9.17, 15) is 0 Å². The van der Waals surface area contributed by atoms with Gasteiger partial charge in [0.1, 0.15) is 0 Å².